The average molecular weight is 333 g/mol. The molecule has 0 saturated heterocycles. The van der Waals surface area contributed by atoms with E-state index in [1.165, 1.54) is 6.07 Å². The van der Waals surface area contributed by atoms with Crippen LogP contribution in [0.3, 0.4) is 0 Å². The average Bonchev–Trinajstić information content (AvgIpc) is 2.44. The molecule has 0 aliphatic rings. The minimum absolute atomic E-state index is 0.129. The van der Waals surface area contributed by atoms with Crippen LogP contribution < -0.4 is 5.19 Å². The Kier molecular flexibility index (Phi) is 8.12. The molecule has 0 aliphatic heterocycles. The number of hydrogen-bond donors (Lipinski definition) is 0. The van der Waals surface area contributed by atoms with Crippen molar-refractivity contribution in [2.75, 3.05) is 5.88 Å². The number of hydrogen-bond acceptors (Lipinski definition) is 0. The minimum atomic E-state index is -4.27. The first kappa shape index (κ1) is 18.3. The smallest absolute Gasteiger partial charge is 0.166 e. The summed E-state index contributed by atoms with van der Waals surface area (Å²) >= 11 is 5.60. The first-order chi connectivity index (χ1) is 9.95. The Labute approximate surface area is 132 Å². The molecule has 0 bridgehead atoms. The molecule has 0 aliphatic carbocycles. The van der Waals surface area contributed by atoms with E-state index < -0.39 is 11.7 Å². The molecule has 2 radical (unpaired) electrons. The molecule has 1 aromatic carbocycles. The number of allylic oxidation sites excluding steroid dienone is 1. The van der Waals surface area contributed by atoms with Crippen LogP contribution in [0.2, 0.25) is 6.04 Å². The Balaban J connectivity index is 2.40. The lowest BCUT2D eigenvalue weighted by Gasteiger charge is -2.12. The summed E-state index contributed by atoms with van der Waals surface area (Å²) in [5.74, 6) is 0.691. The van der Waals surface area contributed by atoms with E-state index >= 15 is 0 Å². The van der Waals surface area contributed by atoms with Gasteiger partial charge in [-0.15, -0.1) is 18.2 Å². The highest BCUT2D eigenvalue weighted by Gasteiger charge is 2.32. The first-order valence-corrected chi connectivity index (χ1v) is 8.82. The van der Waals surface area contributed by atoms with Crippen LogP contribution in [0.15, 0.2) is 36.4 Å². The maximum atomic E-state index is 12.9. The van der Waals surface area contributed by atoms with Crippen molar-refractivity contribution in [1.82, 2.24) is 0 Å². The third-order valence-electron chi connectivity index (χ3n) is 3.18. The van der Waals surface area contributed by atoms with Crippen LogP contribution in [0, 0.1) is 0 Å². The van der Waals surface area contributed by atoms with Gasteiger partial charge in [-0.2, -0.15) is 13.2 Å². The molecule has 116 valence electrons. The van der Waals surface area contributed by atoms with Crippen LogP contribution in [-0.2, 0) is 6.18 Å². The van der Waals surface area contributed by atoms with Crippen molar-refractivity contribution in [2.24, 2.45) is 0 Å². The van der Waals surface area contributed by atoms with Gasteiger partial charge < -0.3 is 0 Å². The second-order valence-electron chi connectivity index (χ2n) is 5.00. The predicted octanol–water partition coefficient (Wildman–Crippen LogP) is 5.20. The standard InChI is InChI=1S/C16H20ClF3Si/c1-13(8-4-2-3-7-11-17)12-21-15-10-6-5-9-14(15)16(18,19)20/h5-6,9-10H,1-4,7-8,11-12H2. The van der Waals surface area contributed by atoms with E-state index in [1.54, 1.807) is 12.1 Å². The monoisotopic (exact) mass is 332 g/mol. The fourth-order valence-electron chi connectivity index (χ4n) is 2.02. The highest BCUT2D eigenvalue weighted by atomic mass is 35.5. The summed E-state index contributed by atoms with van der Waals surface area (Å²) in [6, 6.07) is 6.45. The normalized spacial score (nSPS) is 11.6. The van der Waals surface area contributed by atoms with Gasteiger partial charge in [0.25, 0.3) is 0 Å². The van der Waals surface area contributed by atoms with Crippen LogP contribution in [0.5, 0.6) is 0 Å². The lowest BCUT2D eigenvalue weighted by Crippen LogP contribution is -2.25. The molecule has 1 aromatic rings. The third-order valence-corrected chi connectivity index (χ3v) is 4.94. The molecule has 0 unspecified atom stereocenters. The lowest BCUT2D eigenvalue weighted by molar-refractivity contribution is -0.136. The number of alkyl halides is 4. The summed E-state index contributed by atoms with van der Waals surface area (Å²) < 4.78 is 38.6. The highest BCUT2D eigenvalue weighted by Crippen LogP contribution is 2.27. The van der Waals surface area contributed by atoms with Gasteiger partial charge in [-0.3, -0.25) is 0 Å². The van der Waals surface area contributed by atoms with Crippen molar-refractivity contribution in [3.63, 3.8) is 0 Å². The molecule has 0 nitrogen and oxygen atoms in total. The maximum Gasteiger partial charge on any atom is 0.416 e. The third kappa shape index (κ3) is 7.18. The van der Waals surface area contributed by atoms with Crippen LogP contribution in [-0.4, -0.2) is 15.4 Å². The minimum Gasteiger partial charge on any atom is -0.166 e. The fourth-order valence-corrected chi connectivity index (χ4v) is 3.45. The van der Waals surface area contributed by atoms with Crippen LogP contribution >= 0.6 is 11.6 Å². The van der Waals surface area contributed by atoms with Gasteiger partial charge in [-0.05, 0) is 25.3 Å². The van der Waals surface area contributed by atoms with E-state index in [2.05, 4.69) is 6.58 Å². The van der Waals surface area contributed by atoms with Gasteiger partial charge in [-0.25, -0.2) is 0 Å². The van der Waals surface area contributed by atoms with Gasteiger partial charge in [0, 0.05) is 5.88 Å². The fraction of sp³-hybridized carbons (Fsp3) is 0.500. The first-order valence-electron chi connectivity index (χ1n) is 7.08. The predicted molar refractivity (Wildman–Crippen MR) is 84.6 cm³/mol. The highest BCUT2D eigenvalue weighted by molar-refractivity contribution is 6.54. The van der Waals surface area contributed by atoms with Gasteiger partial charge in [0.05, 0.1) is 15.1 Å². The van der Waals surface area contributed by atoms with Crippen LogP contribution in [0.25, 0.3) is 0 Å². The Morgan fingerprint density at radius 3 is 2.43 bits per heavy atom. The van der Waals surface area contributed by atoms with Crippen molar-refractivity contribution < 1.29 is 13.2 Å². The zero-order valence-corrected chi connectivity index (χ0v) is 13.7. The van der Waals surface area contributed by atoms with E-state index in [4.69, 9.17) is 11.6 Å². The summed E-state index contributed by atoms with van der Waals surface area (Å²) in [6.07, 6.45) is 0.899. The maximum absolute atomic E-state index is 12.9. The molecule has 0 saturated carbocycles. The molecule has 1 rings (SSSR count). The summed E-state index contributed by atoms with van der Waals surface area (Å²) in [4.78, 5) is 0. The molecule has 0 aromatic heterocycles. The molecule has 5 heteroatoms. The summed E-state index contributed by atoms with van der Waals surface area (Å²) in [7, 11) is 0.129. The van der Waals surface area contributed by atoms with Gasteiger partial charge in [0.2, 0.25) is 0 Å². The number of unbranched alkanes of at least 4 members (excludes halogenated alkanes) is 3. The molecule has 0 spiro atoms. The number of benzene rings is 1. The summed E-state index contributed by atoms with van der Waals surface area (Å²) in [6.45, 7) is 3.98. The zero-order valence-electron chi connectivity index (χ0n) is 12.0. The molecule has 0 amide bonds. The van der Waals surface area contributed by atoms with Gasteiger partial charge in [0.15, 0.2) is 0 Å². The molecular formula is C16H20ClF3Si. The van der Waals surface area contributed by atoms with Crippen molar-refractivity contribution in [2.45, 2.75) is 44.3 Å². The summed E-state index contributed by atoms with van der Waals surface area (Å²) in [5.41, 5.74) is 0.523. The van der Waals surface area contributed by atoms with Gasteiger partial charge in [0.1, 0.15) is 0 Å². The van der Waals surface area contributed by atoms with Gasteiger partial charge in [-0.1, -0.05) is 47.9 Å². The molecular weight excluding hydrogens is 313 g/mol. The molecule has 0 heterocycles. The van der Waals surface area contributed by atoms with Crippen molar-refractivity contribution in [1.29, 1.82) is 0 Å². The van der Waals surface area contributed by atoms with Crippen LogP contribution in [0.1, 0.15) is 37.7 Å². The molecule has 0 N–H and O–H groups in total. The second kappa shape index (κ2) is 9.31. The Morgan fingerprint density at radius 1 is 1.10 bits per heavy atom. The summed E-state index contributed by atoms with van der Waals surface area (Å²) in [5, 5.41) is 0.383. The molecule has 0 atom stereocenters. The Bertz CT molecular complexity index is 443. The van der Waals surface area contributed by atoms with Crippen molar-refractivity contribution >= 4 is 26.3 Å². The lowest BCUT2D eigenvalue weighted by atomic mass is 10.1. The van der Waals surface area contributed by atoms with E-state index in [0.717, 1.165) is 43.7 Å². The largest absolute Gasteiger partial charge is 0.416 e. The second-order valence-corrected chi connectivity index (χ2v) is 6.62. The van der Waals surface area contributed by atoms with E-state index in [1.807, 2.05) is 0 Å². The topological polar surface area (TPSA) is 0 Å². The van der Waals surface area contributed by atoms with E-state index in [-0.39, 0.29) is 9.52 Å². The van der Waals surface area contributed by atoms with Crippen molar-refractivity contribution in [3.05, 3.63) is 42.0 Å². The quantitative estimate of drug-likeness (QED) is 0.252. The number of halogens is 4. The van der Waals surface area contributed by atoms with Crippen LogP contribution in [0.4, 0.5) is 13.2 Å². The Hall–Kier alpha value is -0.743. The SMILES string of the molecule is C=C(CCCCCCCl)C[Si]c1ccccc1C(F)(F)F. The van der Waals surface area contributed by atoms with E-state index in [9.17, 15) is 13.2 Å². The van der Waals surface area contributed by atoms with Crippen molar-refractivity contribution in [3.8, 4) is 0 Å². The Morgan fingerprint density at radius 2 is 1.76 bits per heavy atom. The molecule has 0 fully saturated rings. The number of rotatable bonds is 9. The van der Waals surface area contributed by atoms with Gasteiger partial charge >= 0.3 is 6.18 Å². The zero-order chi connectivity index (χ0) is 15.7. The molecule has 21 heavy (non-hydrogen) atoms. The van der Waals surface area contributed by atoms with E-state index in [0.29, 0.717) is 17.1 Å².